The van der Waals surface area contributed by atoms with Crippen LogP contribution in [0.25, 0.3) is 21.5 Å². The Labute approximate surface area is 401 Å². The first-order chi connectivity index (χ1) is 32.2. The molecule has 0 saturated heterocycles. The Balaban J connectivity index is 1.43. The number of unbranched alkanes of at least 4 members (excludes halogenated alkanes) is 2. The first-order valence-electron chi connectivity index (χ1n) is 21.7. The molecule has 4 aromatic carbocycles. The van der Waals surface area contributed by atoms with Gasteiger partial charge in [0.15, 0.2) is 5.71 Å². The molecule has 0 bridgehead atoms. The Morgan fingerprint density at radius 3 is 1.70 bits per heavy atom. The van der Waals surface area contributed by atoms with Gasteiger partial charge in [0.1, 0.15) is 16.3 Å². The van der Waals surface area contributed by atoms with Crippen molar-refractivity contribution < 1.29 is 75.8 Å². The number of allylic oxidation sites excluding steroid dienone is 8. The third-order valence-electron chi connectivity index (χ3n) is 12.8. The normalized spacial score (nSPS) is 19.7. The molecule has 69 heavy (non-hydrogen) atoms. The zero-order chi connectivity index (χ0) is 50.9. The van der Waals surface area contributed by atoms with Gasteiger partial charge in [0.2, 0.25) is 5.69 Å². The van der Waals surface area contributed by atoms with Gasteiger partial charge in [0, 0.05) is 85.7 Å². The van der Waals surface area contributed by atoms with Gasteiger partial charge in [-0.2, -0.15) is 38.2 Å². The predicted molar refractivity (Wildman–Crippen MR) is 259 cm³/mol. The van der Waals surface area contributed by atoms with Crippen molar-refractivity contribution in [2.45, 2.75) is 89.7 Å². The van der Waals surface area contributed by atoms with Gasteiger partial charge >= 0.3 is 5.97 Å². The number of carboxylic acids is 1. The molecule has 2 aliphatic heterocycles. The number of nitrogens with zero attached hydrogens (tertiary/aromatic N) is 2. The lowest BCUT2D eigenvalue weighted by Crippen LogP contribution is -2.32. The van der Waals surface area contributed by atoms with Crippen LogP contribution in [0.15, 0.2) is 116 Å². The van der Waals surface area contributed by atoms with Gasteiger partial charge < -0.3 is 19.5 Å². The molecule has 2 heterocycles. The van der Waals surface area contributed by atoms with Crippen LogP contribution in [-0.2, 0) is 65.6 Å². The number of anilines is 1. The zero-order valence-corrected chi connectivity index (χ0v) is 41.8. The number of rotatable bonds is 21. The summed E-state index contributed by atoms with van der Waals surface area (Å²) in [4.78, 5) is 10.4. The van der Waals surface area contributed by atoms with Crippen LogP contribution in [0.5, 0.6) is 0 Å². The van der Waals surface area contributed by atoms with Gasteiger partial charge in [-0.15, -0.1) is 0 Å². The Morgan fingerprint density at radius 2 is 1.17 bits per heavy atom. The van der Waals surface area contributed by atoms with Crippen molar-refractivity contribution in [3.63, 3.8) is 0 Å². The second-order valence-electron chi connectivity index (χ2n) is 17.2. The topological polar surface area (TPSA) is 279 Å². The summed E-state index contributed by atoms with van der Waals surface area (Å²) in [7, 11) is -16.7. The van der Waals surface area contributed by atoms with Crippen molar-refractivity contribution in [3.05, 3.63) is 108 Å². The van der Waals surface area contributed by atoms with Gasteiger partial charge in [-0.3, -0.25) is 23.0 Å². The minimum atomic E-state index is -4.99. The number of hydrogen-bond acceptors (Lipinski definition) is 12. The molecule has 0 spiro atoms. The highest BCUT2D eigenvalue weighted by atomic mass is 32.2. The van der Waals surface area contributed by atoms with Crippen LogP contribution in [0.1, 0.15) is 70.4 Å². The average molecular weight is 1030 g/mol. The van der Waals surface area contributed by atoms with Crippen LogP contribution in [0, 0.1) is 0 Å². The number of fused-ring (bicyclic) bond motifs is 6. The van der Waals surface area contributed by atoms with Crippen molar-refractivity contribution in [2.75, 3.05) is 45.4 Å². The minimum absolute atomic E-state index is 0.0163. The molecule has 0 radical (unpaired) electrons. The zero-order valence-electron chi connectivity index (χ0n) is 38.5. The molecule has 2 aliphatic rings. The number of hydrogen-bond donors (Lipinski definition) is 5. The van der Waals surface area contributed by atoms with Gasteiger partial charge in [-0.1, -0.05) is 42.9 Å². The Bertz CT molecular complexity index is 3340. The van der Waals surface area contributed by atoms with Crippen LogP contribution in [0.2, 0.25) is 0 Å². The fraction of sp³-hybridized carbons (Fsp3) is 0.362. The van der Waals surface area contributed by atoms with Crippen molar-refractivity contribution in [1.82, 2.24) is 0 Å². The summed E-state index contributed by atoms with van der Waals surface area (Å²) in [6.07, 6.45) is 14.8. The second-order valence-corrected chi connectivity index (χ2v) is 22.8. The molecule has 0 saturated carbocycles. The predicted octanol–water partition coefficient (Wildman–Crippen LogP) is 7.40. The Morgan fingerprint density at radius 1 is 0.652 bits per heavy atom. The van der Waals surface area contributed by atoms with E-state index < -0.39 is 76.9 Å². The second kappa shape index (κ2) is 20.3. The van der Waals surface area contributed by atoms with Gasteiger partial charge in [-0.25, -0.2) is 0 Å². The van der Waals surface area contributed by atoms with Crippen LogP contribution in [0.3, 0.4) is 0 Å². The van der Waals surface area contributed by atoms with Gasteiger partial charge in [0.05, 0.1) is 15.2 Å². The lowest BCUT2D eigenvalue weighted by atomic mass is 9.75. The molecule has 2 atom stereocenters. The molecule has 372 valence electrons. The lowest BCUT2D eigenvalue weighted by molar-refractivity contribution is -0.433. The molecule has 22 heteroatoms. The SMILES string of the molecule is CC[N+]1=C(/C=C/C=C/C=C/C=C2/N(CCCCCC(=O)O)c3ccc4c(S(=O)(=O)O)cc(S(=O)(=O)O)cc4c3C2(C)CCOC)C(C)(CCOC)c2c1ccc1c(S(=O)(=O)O)cc(S(=O)(=O)O)cc21. The summed E-state index contributed by atoms with van der Waals surface area (Å²) in [5.74, 6) is -0.921. The van der Waals surface area contributed by atoms with E-state index in [1.54, 1.807) is 42.5 Å². The van der Waals surface area contributed by atoms with Crippen LogP contribution >= 0.6 is 0 Å². The summed E-state index contributed by atoms with van der Waals surface area (Å²) in [5, 5.41) is 9.68. The van der Waals surface area contributed by atoms with E-state index in [-0.39, 0.29) is 41.2 Å². The maximum atomic E-state index is 12.7. The molecule has 0 fully saturated rings. The monoisotopic (exact) mass is 1030 g/mol. The molecule has 0 aliphatic carbocycles. The molecule has 5 N–H and O–H groups in total. The first-order valence-corrected chi connectivity index (χ1v) is 27.5. The fourth-order valence-electron chi connectivity index (χ4n) is 9.63. The van der Waals surface area contributed by atoms with Crippen LogP contribution in [0.4, 0.5) is 11.4 Å². The highest BCUT2D eigenvalue weighted by Gasteiger charge is 2.49. The Hall–Kier alpha value is -5.14. The summed E-state index contributed by atoms with van der Waals surface area (Å²) < 4.78 is 154. The van der Waals surface area contributed by atoms with E-state index >= 15 is 0 Å². The maximum Gasteiger partial charge on any atom is 0.303 e. The molecular formula is C47H55N2O16S4+. The Kier molecular flexibility index (Phi) is 15.7. The molecule has 4 aromatic rings. The van der Waals surface area contributed by atoms with E-state index in [1.165, 1.54) is 38.5 Å². The van der Waals surface area contributed by atoms with E-state index in [2.05, 4.69) is 0 Å². The lowest BCUT2D eigenvalue weighted by Gasteiger charge is -2.30. The van der Waals surface area contributed by atoms with E-state index in [0.717, 1.165) is 17.5 Å². The number of benzene rings is 4. The van der Waals surface area contributed by atoms with E-state index in [9.17, 15) is 61.8 Å². The fourth-order valence-corrected chi connectivity index (χ4v) is 12.3. The highest BCUT2D eigenvalue weighted by molar-refractivity contribution is 7.87. The van der Waals surface area contributed by atoms with Gasteiger partial charge in [-0.05, 0) is 105 Å². The highest BCUT2D eigenvalue weighted by Crippen LogP contribution is 2.54. The molecule has 0 aromatic heterocycles. The molecule has 18 nitrogen and oxygen atoms in total. The van der Waals surface area contributed by atoms with Crippen LogP contribution < -0.4 is 4.90 Å². The number of carboxylic acid groups (broad SMARTS) is 1. The van der Waals surface area contributed by atoms with E-state index in [0.29, 0.717) is 73.8 Å². The average Bonchev–Trinajstić information content (AvgIpc) is 3.65. The summed E-state index contributed by atoms with van der Waals surface area (Å²) in [6.45, 7) is 7.04. The number of methoxy groups -OCH3 is 2. The minimum Gasteiger partial charge on any atom is -0.481 e. The quantitative estimate of drug-likeness (QED) is 0.0235. The van der Waals surface area contributed by atoms with Crippen molar-refractivity contribution >= 4 is 85.1 Å². The van der Waals surface area contributed by atoms with E-state index in [4.69, 9.17) is 9.47 Å². The standard InChI is InChI=1S/C47H54N2O16S4/c1-6-48-37-20-18-33-35(27-31(66(52,53)54)29-39(33)68(58,59)60)44(37)46(2,22-25-64-4)41(48)15-11-8-7-9-12-16-42-47(3,23-26-65-5)45-36-28-32(67(55,56)57)30-40(69(61,62)63)34(36)19-21-38(45)49(42)24-14-10-13-17-43(50)51/h7-9,11-12,15-16,18-21,27-30H,6,10,13-14,17,22-26H2,1-5H3,(H4-,50,51,52,53,54,55,56,57,58,59,60,61,62,63)/p+1. The first kappa shape index (κ1) is 53.2. The summed E-state index contributed by atoms with van der Waals surface area (Å²) in [6, 6.07) is 10.1. The van der Waals surface area contributed by atoms with E-state index in [1.807, 2.05) is 42.4 Å². The van der Waals surface area contributed by atoms with Gasteiger partial charge in [0.25, 0.3) is 40.5 Å². The smallest absolute Gasteiger partial charge is 0.303 e. The molecule has 2 unspecified atom stereocenters. The largest absolute Gasteiger partial charge is 0.481 e. The third-order valence-corrected chi connectivity index (χ3v) is 16.3. The number of aliphatic carboxylic acids is 1. The molecule has 0 amide bonds. The van der Waals surface area contributed by atoms with Crippen molar-refractivity contribution in [3.8, 4) is 0 Å². The maximum absolute atomic E-state index is 12.7. The summed E-state index contributed by atoms with van der Waals surface area (Å²) in [5.41, 5.74) is 1.96. The number of ether oxygens (including phenoxy) is 2. The van der Waals surface area contributed by atoms with Crippen LogP contribution in [-0.4, -0.2) is 114 Å². The molecule has 6 rings (SSSR count). The third kappa shape index (κ3) is 10.8. The number of carbonyl (C=O) groups is 1. The van der Waals surface area contributed by atoms with Crippen molar-refractivity contribution in [1.29, 1.82) is 0 Å². The summed E-state index contributed by atoms with van der Waals surface area (Å²) >= 11 is 0. The van der Waals surface area contributed by atoms with Crippen molar-refractivity contribution in [2.24, 2.45) is 0 Å². The molecular weight excluding hydrogens is 977 g/mol.